The summed E-state index contributed by atoms with van der Waals surface area (Å²) >= 11 is 0. The lowest BCUT2D eigenvalue weighted by Gasteiger charge is -2.23. The number of rotatable bonds is 4. The van der Waals surface area contributed by atoms with Crippen molar-refractivity contribution in [3.63, 3.8) is 0 Å². The molecule has 1 atom stereocenters. The maximum Gasteiger partial charge on any atom is 0.326 e. The molecule has 1 saturated heterocycles. The van der Waals surface area contributed by atoms with E-state index in [9.17, 15) is 14.7 Å². The topological polar surface area (TPSA) is 57.6 Å². The van der Waals surface area contributed by atoms with E-state index in [1.165, 1.54) is 4.90 Å². The van der Waals surface area contributed by atoms with E-state index in [2.05, 4.69) is 6.58 Å². The van der Waals surface area contributed by atoms with Crippen LogP contribution >= 0.6 is 0 Å². The van der Waals surface area contributed by atoms with E-state index in [1.54, 1.807) is 13.0 Å². The number of carbonyl (C=O) groups excluding carboxylic acids is 1. The molecule has 0 radical (unpaired) electrons. The summed E-state index contributed by atoms with van der Waals surface area (Å²) in [4.78, 5) is 25.2. The molecule has 1 aliphatic rings. The Morgan fingerprint density at radius 1 is 1.25 bits per heavy atom. The molecule has 20 heavy (non-hydrogen) atoms. The van der Waals surface area contributed by atoms with Gasteiger partial charge in [0.1, 0.15) is 6.04 Å². The third kappa shape index (κ3) is 3.59. The van der Waals surface area contributed by atoms with Gasteiger partial charge in [0.05, 0.1) is 0 Å². The number of nitrogens with zero attached hydrogens (tertiary/aromatic N) is 1. The molecule has 4 heteroatoms. The second-order valence-electron chi connectivity index (χ2n) is 5.52. The first-order valence-corrected chi connectivity index (χ1v) is 6.81. The van der Waals surface area contributed by atoms with Gasteiger partial charge in [-0.1, -0.05) is 17.7 Å². The third-order valence-electron chi connectivity index (χ3n) is 3.64. The molecule has 0 aromatic heterocycles. The summed E-state index contributed by atoms with van der Waals surface area (Å²) in [5, 5.41) is 9.18. The second-order valence-corrected chi connectivity index (χ2v) is 5.52. The van der Waals surface area contributed by atoms with Crippen LogP contribution in [0.3, 0.4) is 0 Å². The number of aliphatic carboxylic acids is 1. The standard InChI is InChI=1S/C16H23NO3/c1-10(2)12(5)9-13(11(3)4)15(18)17-8-6-7-14(17)16(19)20/h9,14H,3,6-8H2,1-2,4-5H3,(H,19,20)/b13-9+/t14-/m0/s1. The first-order chi connectivity index (χ1) is 9.25. The average molecular weight is 277 g/mol. The van der Waals surface area contributed by atoms with E-state index >= 15 is 0 Å². The largest absolute Gasteiger partial charge is 0.480 e. The summed E-state index contributed by atoms with van der Waals surface area (Å²) in [7, 11) is 0. The van der Waals surface area contributed by atoms with E-state index in [4.69, 9.17) is 0 Å². The maximum atomic E-state index is 12.6. The van der Waals surface area contributed by atoms with Crippen LogP contribution in [-0.2, 0) is 9.59 Å². The van der Waals surface area contributed by atoms with Gasteiger partial charge >= 0.3 is 5.97 Å². The predicted octanol–water partition coefficient (Wildman–Crippen LogP) is 2.92. The Labute approximate surface area is 120 Å². The fourth-order valence-corrected chi connectivity index (χ4v) is 2.15. The molecule has 0 saturated carbocycles. The minimum Gasteiger partial charge on any atom is -0.480 e. The Morgan fingerprint density at radius 2 is 1.85 bits per heavy atom. The SMILES string of the molecule is C=C(C)/C(=C\C(C)=C(C)C)C(=O)N1CCC[C@H]1C(=O)O. The molecule has 1 aliphatic heterocycles. The summed E-state index contributed by atoms with van der Waals surface area (Å²) in [5.74, 6) is -1.17. The Hall–Kier alpha value is -1.84. The number of carbonyl (C=O) groups is 2. The zero-order valence-electron chi connectivity index (χ0n) is 12.7. The number of allylic oxidation sites excluding steroid dienone is 3. The highest BCUT2D eigenvalue weighted by molar-refractivity contribution is 6.00. The summed E-state index contributed by atoms with van der Waals surface area (Å²) in [6, 6.07) is -0.711. The number of hydrogen-bond acceptors (Lipinski definition) is 2. The molecule has 0 aliphatic carbocycles. The van der Waals surface area contributed by atoms with E-state index in [0.717, 1.165) is 17.6 Å². The van der Waals surface area contributed by atoms with Crippen molar-refractivity contribution in [3.8, 4) is 0 Å². The van der Waals surface area contributed by atoms with E-state index in [-0.39, 0.29) is 5.91 Å². The lowest BCUT2D eigenvalue weighted by molar-refractivity contribution is -0.146. The Morgan fingerprint density at radius 3 is 2.30 bits per heavy atom. The first kappa shape index (κ1) is 16.2. The minimum atomic E-state index is -0.934. The van der Waals surface area contributed by atoms with Crippen molar-refractivity contribution in [2.45, 2.75) is 46.6 Å². The number of carboxylic acid groups (broad SMARTS) is 1. The van der Waals surface area contributed by atoms with Gasteiger partial charge in [0.15, 0.2) is 0 Å². The maximum absolute atomic E-state index is 12.6. The van der Waals surface area contributed by atoms with Gasteiger partial charge in [0.25, 0.3) is 5.91 Å². The number of likely N-dealkylation sites (tertiary alicyclic amines) is 1. The quantitative estimate of drug-likeness (QED) is 0.635. The van der Waals surface area contributed by atoms with Crippen LogP contribution in [0.15, 0.2) is 34.9 Å². The van der Waals surface area contributed by atoms with Gasteiger partial charge in [0, 0.05) is 12.1 Å². The van der Waals surface area contributed by atoms with Gasteiger partial charge in [-0.25, -0.2) is 4.79 Å². The zero-order chi connectivity index (χ0) is 15.4. The molecule has 1 rings (SSSR count). The summed E-state index contributed by atoms with van der Waals surface area (Å²) in [5.41, 5.74) is 3.28. The Bertz CT molecular complexity index is 496. The highest BCUT2D eigenvalue weighted by Crippen LogP contribution is 2.23. The number of hydrogen-bond donors (Lipinski definition) is 1. The molecule has 0 bridgehead atoms. The van der Waals surface area contributed by atoms with Crippen molar-refractivity contribution in [1.82, 2.24) is 4.90 Å². The lowest BCUT2D eigenvalue weighted by Crippen LogP contribution is -2.41. The van der Waals surface area contributed by atoms with Crippen LogP contribution in [0.1, 0.15) is 40.5 Å². The minimum absolute atomic E-state index is 0.233. The fourth-order valence-electron chi connectivity index (χ4n) is 2.15. The molecule has 4 nitrogen and oxygen atoms in total. The van der Waals surface area contributed by atoms with E-state index in [1.807, 2.05) is 20.8 Å². The van der Waals surface area contributed by atoms with Crippen LogP contribution in [0.5, 0.6) is 0 Å². The molecule has 1 N–H and O–H groups in total. The number of amides is 1. The molecule has 0 unspecified atom stereocenters. The van der Waals surface area contributed by atoms with Gasteiger partial charge in [0.2, 0.25) is 0 Å². The van der Waals surface area contributed by atoms with Gasteiger partial charge in [-0.05, 0) is 52.2 Å². The highest BCUT2D eigenvalue weighted by Gasteiger charge is 2.35. The van der Waals surface area contributed by atoms with Crippen molar-refractivity contribution in [2.75, 3.05) is 6.54 Å². The van der Waals surface area contributed by atoms with Crippen LogP contribution in [0.4, 0.5) is 0 Å². The molecule has 0 aromatic carbocycles. The highest BCUT2D eigenvalue weighted by atomic mass is 16.4. The fraction of sp³-hybridized carbons (Fsp3) is 0.500. The first-order valence-electron chi connectivity index (χ1n) is 6.81. The van der Waals surface area contributed by atoms with Crippen LogP contribution in [0.2, 0.25) is 0 Å². The molecular weight excluding hydrogens is 254 g/mol. The average Bonchev–Trinajstić information content (AvgIpc) is 2.83. The smallest absolute Gasteiger partial charge is 0.326 e. The van der Waals surface area contributed by atoms with E-state index < -0.39 is 12.0 Å². The van der Waals surface area contributed by atoms with Crippen molar-refractivity contribution >= 4 is 11.9 Å². The van der Waals surface area contributed by atoms with Crippen molar-refractivity contribution in [3.05, 3.63) is 34.9 Å². The van der Waals surface area contributed by atoms with Crippen LogP contribution < -0.4 is 0 Å². The lowest BCUT2D eigenvalue weighted by atomic mass is 10.0. The van der Waals surface area contributed by atoms with Crippen LogP contribution in [0, 0.1) is 0 Å². The van der Waals surface area contributed by atoms with Gasteiger partial charge in [-0.3, -0.25) is 4.79 Å². The van der Waals surface area contributed by atoms with Crippen molar-refractivity contribution < 1.29 is 14.7 Å². The third-order valence-corrected chi connectivity index (χ3v) is 3.64. The Kier molecular flexibility index (Phi) is 5.31. The monoisotopic (exact) mass is 277 g/mol. The molecule has 1 fully saturated rings. The molecule has 0 spiro atoms. The van der Waals surface area contributed by atoms with Gasteiger partial charge < -0.3 is 10.0 Å². The predicted molar refractivity (Wildman–Crippen MR) is 79.3 cm³/mol. The summed E-state index contributed by atoms with van der Waals surface area (Å²) in [6.45, 7) is 12.0. The van der Waals surface area contributed by atoms with Gasteiger partial charge in [-0.15, -0.1) is 0 Å². The van der Waals surface area contributed by atoms with E-state index in [0.29, 0.717) is 24.1 Å². The summed E-state index contributed by atoms with van der Waals surface area (Å²) in [6.07, 6.45) is 3.05. The second kappa shape index (κ2) is 6.55. The van der Waals surface area contributed by atoms with Crippen LogP contribution in [-0.4, -0.2) is 34.5 Å². The van der Waals surface area contributed by atoms with Crippen molar-refractivity contribution in [1.29, 1.82) is 0 Å². The normalized spacial score (nSPS) is 18.9. The Balaban J connectivity index is 3.11. The van der Waals surface area contributed by atoms with Gasteiger partial charge in [-0.2, -0.15) is 0 Å². The molecule has 1 heterocycles. The van der Waals surface area contributed by atoms with Crippen molar-refractivity contribution in [2.24, 2.45) is 0 Å². The van der Waals surface area contributed by atoms with Crippen LogP contribution in [0.25, 0.3) is 0 Å². The molecular formula is C16H23NO3. The summed E-state index contributed by atoms with van der Waals surface area (Å²) < 4.78 is 0. The molecule has 110 valence electrons. The zero-order valence-corrected chi connectivity index (χ0v) is 12.7. The molecule has 0 aromatic rings. The number of carboxylic acids is 1. The molecule has 1 amide bonds.